The van der Waals surface area contributed by atoms with Gasteiger partial charge in [-0.1, -0.05) is 19.8 Å². The van der Waals surface area contributed by atoms with Crippen LogP contribution in [0.3, 0.4) is 0 Å². The van der Waals surface area contributed by atoms with Crippen LogP contribution in [0.1, 0.15) is 49.6 Å². The average Bonchev–Trinajstić information content (AvgIpc) is 2.68. The third-order valence-corrected chi connectivity index (χ3v) is 4.33. The molecule has 1 saturated heterocycles. The van der Waals surface area contributed by atoms with Crippen molar-refractivity contribution in [2.45, 2.75) is 59.5 Å². The minimum Gasteiger partial charge on any atom is -0.341 e. The maximum Gasteiger partial charge on any atom is 0.244 e. The van der Waals surface area contributed by atoms with E-state index in [1.54, 1.807) is 0 Å². The van der Waals surface area contributed by atoms with Crippen molar-refractivity contribution >= 4 is 5.91 Å². The smallest absolute Gasteiger partial charge is 0.244 e. The van der Waals surface area contributed by atoms with Gasteiger partial charge in [-0.15, -0.1) is 0 Å². The first-order chi connectivity index (χ1) is 10.1. The van der Waals surface area contributed by atoms with E-state index in [1.165, 1.54) is 18.4 Å². The number of amides is 1. The van der Waals surface area contributed by atoms with E-state index in [-0.39, 0.29) is 5.91 Å². The van der Waals surface area contributed by atoms with E-state index in [1.807, 2.05) is 16.5 Å². The Kier molecular flexibility index (Phi) is 5.79. The molecule has 1 fully saturated rings. The summed E-state index contributed by atoms with van der Waals surface area (Å²) in [5.74, 6) is 0.206. The molecule has 0 aliphatic carbocycles. The summed E-state index contributed by atoms with van der Waals surface area (Å²) in [6.07, 6.45) is 4.76. The lowest BCUT2D eigenvalue weighted by molar-refractivity contribution is -0.132. The van der Waals surface area contributed by atoms with Crippen LogP contribution in [-0.4, -0.2) is 40.2 Å². The first-order valence-electron chi connectivity index (χ1n) is 8.14. The van der Waals surface area contributed by atoms with Gasteiger partial charge >= 0.3 is 0 Å². The number of aromatic nitrogens is 2. The molecule has 0 spiro atoms. The topological polar surface area (TPSA) is 50.2 Å². The van der Waals surface area contributed by atoms with Gasteiger partial charge in [0, 0.05) is 30.9 Å². The zero-order valence-corrected chi connectivity index (χ0v) is 13.6. The molecule has 0 unspecified atom stereocenters. The van der Waals surface area contributed by atoms with Gasteiger partial charge in [-0.25, -0.2) is 0 Å². The number of carbonyl (C=O) groups is 1. The molecule has 0 atom stereocenters. The molecule has 0 aromatic carbocycles. The van der Waals surface area contributed by atoms with Gasteiger partial charge in [0.2, 0.25) is 5.91 Å². The number of aryl methyl sites for hydroxylation is 1. The maximum absolute atomic E-state index is 12.5. The summed E-state index contributed by atoms with van der Waals surface area (Å²) in [7, 11) is 0. The SMILES string of the molecule is CCNCc1c(C)nn(CC(=O)N2CCCCCC2)c1C. The van der Waals surface area contributed by atoms with Gasteiger partial charge in [0.25, 0.3) is 0 Å². The maximum atomic E-state index is 12.5. The summed E-state index contributed by atoms with van der Waals surface area (Å²) in [6, 6.07) is 0. The van der Waals surface area contributed by atoms with E-state index < -0.39 is 0 Å². The highest BCUT2D eigenvalue weighted by atomic mass is 16.2. The molecular formula is C16H28N4O. The summed E-state index contributed by atoms with van der Waals surface area (Å²) in [4.78, 5) is 14.5. The molecule has 0 bridgehead atoms. The Morgan fingerprint density at radius 1 is 1.19 bits per heavy atom. The van der Waals surface area contributed by atoms with Crippen molar-refractivity contribution in [1.82, 2.24) is 20.0 Å². The first-order valence-corrected chi connectivity index (χ1v) is 8.14. The molecule has 1 aromatic rings. The Labute approximate surface area is 127 Å². The molecule has 21 heavy (non-hydrogen) atoms. The fraction of sp³-hybridized carbons (Fsp3) is 0.750. The minimum absolute atomic E-state index is 0.206. The molecule has 0 saturated carbocycles. The van der Waals surface area contributed by atoms with Gasteiger partial charge in [0.15, 0.2) is 0 Å². The number of hydrogen-bond acceptors (Lipinski definition) is 3. The van der Waals surface area contributed by atoms with Crippen molar-refractivity contribution in [3.63, 3.8) is 0 Å². The highest BCUT2D eigenvalue weighted by Gasteiger charge is 2.18. The normalized spacial score (nSPS) is 16.0. The standard InChI is InChI=1S/C16H28N4O/c1-4-17-11-15-13(2)18-20(14(15)3)12-16(21)19-9-7-5-6-8-10-19/h17H,4-12H2,1-3H3. The zero-order chi connectivity index (χ0) is 15.2. The number of nitrogens with zero attached hydrogens (tertiary/aromatic N) is 3. The quantitative estimate of drug-likeness (QED) is 0.903. The van der Waals surface area contributed by atoms with Gasteiger partial charge in [-0.3, -0.25) is 9.48 Å². The van der Waals surface area contributed by atoms with Crippen LogP contribution in [0.25, 0.3) is 0 Å². The molecule has 1 aliphatic rings. The van der Waals surface area contributed by atoms with E-state index in [4.69, 9.17) is 0 Å². The number of nitrogens with one attached hydrogen (secondary N) is 1. The largest absolute Gasteiger partial charge is 0.341 e. The lowest BCUT2D eigenvalue weighted by Gasteiger charge is -2.20. The van der Waals surface area contributed by atoms with Gasteiger partial charge in [-0.05, 0) is 33.2 Å². The van der Waals surface area contributed by atoms with Crippen molar-refractivity contribution in [3.05, 3.63) is 17.0 Å². The zero-order valence-electron chi connectivity index (χ0n) is 13.6. The fourth-order valence-corrected chi connectivity index (χ4v) is 2.94. The van der Waals surface area contributed by atoms with E-state index in [0.29, 0.717) is 6.54 Å². The van der Waals surface area contributed by atoms with E-state index in [2.05, 4.69) is 24.3 Å². The molecule has 0 radical (unpaired) electrons. The lowest BCUT2D eigenvalue weighted by Crippen LogP contribution is -2.35. The number of hydrogen-bond donors (Lipinski definition) is 1. The van der Waals surface area contributed by atoms with Crippen molar-refractivity contribution in [1.29, 1.82) is 0 Å². The van der Waals surface area contributed by atoms with E-state index >= 15 is 0 Å². The van der Waals surface area contributed by atoms with Gasteiger partial charge in [-0.2, -0.15) is 5.10 Å². The first kappa shape index (κ1) is 16.0. The average molecular weight is 292 g/mol. The minimum atomic E-state index is 0.206. The lowest BCUT2D eigenvalue weighted by atomic mass is 10.2. The molecule has 2 rings (SSSR count). The van der Waals surface area contributed by atoms with Crippen LogP contribution in [0.4, 0.5) is 0 Å². The van der Waals surface area contributed by atoms with Crippen LogP contribution in [0.2, 0.25) is 0 Å². The summed E-state index contributed by atoms with van der Waals surface area (Å²) in [5, 5.41) is 7.89. The summed E-state index contributed by atoms with van der Waals surface area (Å²) in [6.45, 7) is 10.1. The van der Waals surface area contributed by atoms with Crippen molar-refractivity contribution in [2.24, 2.45) is 0 Å². The third kappa shape index (κ3) is 4.06. The van der Waals surface area contributed by atoms with Crippen molar-refractivity contribution in [2.75, 3.05) is 19.6 Å². The number of likely N-dealkylation sites (tertiary alicyclic amines) is 1. The highest BCUT2D eigenvalue weighted by molar-refractivity contribution is 5.76. The Morgan fingerprint density at radius 2 is 1.86 bits per heavy atom. The van der Waals surface area contributed by atoms with Gasteiger partial charge < -0.3 is 10.2 Å². The monoisotopic (exact) mass is 292 g/mol. The molecule has 2 heterocycles. The van der Waals surface area contributed by atoms with Crippen LogP contribution < -0.4 is 5.32 Å². The fourth-order valence-electron chi connectivity index (χ4n) is 2.94. The van der Waals surface area contributed by atoms with Gasteiger partial charge in [0.1, 0.15) is 6.54 Å². The van der Waals surface area contributed by atoms with Crippen LogP contribution >= 0.6 is 0 Å². The second kappa shape index (κ2) is 7.59. The molecule has 118 valence electrons. The van der Waals surface area contributed by atoms with Crippen molar-refractivity contribution < 1.29 is 4.79 Å². The van der Waals surface area contributed by atoms with Crippen LogP contribution in [-0.2, 0) is 17.9 Å². The molecule has 1 N–H and O–H groups in total. The third-order valence-electron chi connectivity index (χ3n) is 4.33. The summed E-state index contributed by atoms with van der Waals surface area (Å²) < 4.78 is 1.87. The summed E-state index contributed by atoms with van der Waals surface area (Å²) in [5.41, 5.74) is 3.36. The van der Waals surface area contributed by atoms with E-state index in [9.17, 15) is 4.79 Å². The second-order valence-electron chi connectivity index (χ2n) is 5.88. The predicted octanol–water partition coefficient (Wildman–Crippen LogP) is 2.01. The second-order valence-corrected chi connectivity index (χ2v) is 5.88. The highest BCUT2D eigenvalue weighted by Crippen LogP contribution is 2.14. The Hall–Kier alpha value is -1.36. The molecular weight excluding hydrogens is 264 g/mol. The van der Waals surface area contributed by atoms with Crippen LogP contribution in [0.15, 0.2) is 0 Å². The van der Waals surface area contributed by atoms with Gasteiger partial charge in [0.05, 0.1) is 5.69 Å². The number of carbonyl (C=O) groups excluding carboxylic acids is 1. The Balaban J connectivity index is 2.03. The predicted molar refractivity (Wildman–Crippen MR) is 84.1 cm³/mol. The Bertz CT molecular complexity index is 473. The van der Waals surface area contributed by atoms with E-state index in [0.717, 1.165) is 50.4 Å². The van der Waals surface area contributed by atoms with Crippen molar-refractivity contribution in [3.8, 4) is 0 Å². The molecule has 1 aromatic heterocycles. The summed E-state index contributed by atoms with van der Waals surface area (Å²) >= 11 is 0. The van der Waals surface area contributed by atoms with Crippen LogP contribution in [0.5, 0.6) is 0 Å². The molecule has 5 nitrogen and oxygen atoms in total. The molecule has 1 amide bonds. The number of rotatable bonds is 5. The van der Waals surface area contributed by atoms with Crippen LogP contribution in [0, 0.1) is 13.8 Å². The molecule has 1 aliphatic heterocycles. The molecule has 5 heteroatoms. The Morgan fingerprint density at radius 3 is 2.48 bits per heavy atom.